The minimum absolute atomic E-state index is 0.410. The molecule has 0 aromatic carbocycles. The van der Waals surface area contributed by atoms with Crippen LogP contribution < -0.4 is 0 Å². The molecule has 0 N–H and O–H groups in total. The Bertz CT molecular complexity index is 132. The largest absolute Gasteiger partial charge is 0.360 e. The third-order valence-electron chi connectivity index (χ3n) is 1.74. The number of hydrogen-bond donors (Lipinski definition) is 0. The predicted octanol–water partition coefficient (Wildman–Crippen LogP) is 1.28. The van der Waals surface area contributed by atoms with E-state index < -0.39 is 5.60 Å². The van der Waals surface area contributed by atoms with Gasteiger partial charge in [0.05, 0.1) is 6.07 Å². The molecule has 1 saturated carbocycles. The highest BCUT2D eigenvalue weighted by Crippen LogP contribution is 2.34. The highest BCUT2D eigenvalue weighted by Gasteiger charge is 2.37. The maximum atomic E-state index is 8.56. The van der Waals surface area contributed by atoms with Gasteiger partial charge < -0.3 is 4.74 Å². The van der Waals surface area contributed by atoms with Gasteiger partial charge in [0.15, 0.2) is 5.60 Å². The number of rotatable bonds is 2. The van der Waals surface area contributed by atoms with Crippen LogP contribution in [0.3, 0.4) is 0 Å². The van der Waals surface area contributed by atoms with E-state index in [0.29, 0.717) is 6.61 Å². The molecule has 0 heterocycles. The van der Waals surface area contributed by atoms with E-state index in [0.717, 1.165) is 19.3 Å². The molecule has 2 heteroatoms. The lowest BCUT2D eigenvalue weighted by atomic mass is 9.81. The first-order chi connectivity index (χ1) is 4.33. The van der Waals surface area contributed by atoms with Gasteiger partial charge in [0, 0.05) is 6.61 Å². The molecule has 9 heavy (non-hydrogen) atoms. The molecule has 0 bridgehead atoms. The fourth-order valence-corrected chi connectivity index (χ4v) is 0.982. The fourth-order valence-electron chi connectivity index (χ4n) is 0.982. The Labute approximate surface area is 55.4 Å². The molecular formula is C7H10NO. The smallest absolute Gasteiger partial charge is 0.154 e. The van der Waals surface area contributed by atoms with E-state index in [4.69, 9.17) is 10.00 Å². The summed E-state index contributed by atoms with van der Waals surface area (Å²) >= 11 is 0. The maximum absolute atomic E-state index is 8.56. The molecular weight excluding hydrogens is 114 g/mol. The van der Waals surface area contributed by atoms with Gasteiger partial charge in [-0.25, -0.2) is 0 Å². The van der Waals surface area contributed by atoms with Crippen LogP contribution in [0.4, 0.5) is 0 Å². The minimum atomic E-state index is -0.443. The highest BCUT2D eigenvalue weighted by molar-refractivity contribution is 5.07. The van der Waals surface area contributed by atoms with Gasteiger partial charge in [-0.05, 0) is 26.2 Å². The Kier molecular flexibility index (Phi) is 1.73. The summed E-state index contributed by atoms with van der Waals surface area (Å²) in [6.45, 7) is 3.94. The van der Waals surface area contributed by atoms with Gasteiger partial charge in [-0.2, -0.15) is 5.26 Å². The van der Waals surface area contributed by atoms with E-state index in [1.54, 1.807) is 0 Å². The van der Waals surface area contributed by atoms with E-state index in [-0.39, 0.29) is 0 Å². The third-order valence-corrected chi connectivity index (χ3v) is 1.74. The molecule has 1 fully saturated rings. The molecule has 1 rings (SSSR count). The van der Waals surface area contributed by atoms with Crippen LogP contribution in [-0.2, 0) is 4.74 Å². The first-order valence-corrected chi connectivity index (χ1v) is 3.17. The van der Waals surface area contributed by atoms with Gasteiger partial charge >= 0.3 is 0 Å². The summed E-state index contributed by atoms with van der Waals surface area (Å²) in [6.07, 6.45) is 2.89. The first-order valence-electron chi connectivity index (χ1n) is 3.17. The van der Waals surface area contributed by atoms with Gasteiger partial charge in [0.25, 0.3) is 0 Å². The Hall–Kier alpha value is -0.550. The second-order valence-electron chi connectivity index (χ2n) is 2.31. The van der Waals surface area contributed by atoms with Crippen molar-refractivity contribution in [3.63, 3.8) is 0 Å². The van der Waals surface area contributed by atoms with Crippen molar-refractivity contribution in [2.24, 2.45) is 0 Å². The summed E-state index contributed by atoms with van der Waals surface area (Å²) < 4.78 is 5.14. The second-order valence-corrected chi connectivity index (χ2v) is 2.31. The predicted molar refractivity (Wildman–Crippen MR) is 33.5 cm³/mol. The quantitative estimate of drug-likeness (QED) is 0.555. The zero-order valence-corrected chi connectivity index (χ0v) is 5.39. The molecule has 49 valence electrons. The SMILES string of the molecule is [CH2]COC1(C#N)CCC1. The van der Waals surface area contributed by atoms with Crippen LogP contribution >= 0.6 is 0 Å². The van der Waals surface area contributed by atoms with E-state index >= 15 is 0 Å². The third kappa shape index (κ3) is 1.06. The van der Waals surface area contributed by atoms with E-state index in [9.17, 15) is 0 Å². The van der Waals surface area contributed by atoms with Crippen molar-refractivity contribution in [3.05, 3.63) is 6.92 Å². The number of nitrogens with zero attached hydrogens (tertiary/aromatic N) is 1. The van der Waals surface area contributed by atoms with Crippen molar-refractivity contribution >= 4 is 0 Å². The number of hydrogen-bond acceptors (Lipinski definition) is 2. The first kappa shape index (κ1) is 6.57. The monoisotopic (exact) mass is 124 g/mol. The van der Waals surface area contributed by atoms with Gasteiger partial charge in [0.1, 0.15) is 0 Å². The van der Waals surface area contributed by atoms with Gasteiger partial charge in [-0.3, -0.25) is 0 Å². The molecule has 1 aliphatic rings. The molecule has 0 amide bonds. The van der Waals surface area contributed by atoms with Gasteiger partial charge in [-0.15, -0.1) is 0 Å². The maximum Gasteiger partial charge on any atom is 0.154 e. The Morgan fingerprint density at radius 2 is 2.33 bits per heavy atom. The van der Waals surface area contributed by atoms with Crippen molar-refractivity contribution in [3.8, 4) is 6.07 Å². The lowest BCUT2D eigenvalue weighted by Crippen LogP contribution is -2.38. The molecule has 1 aliphatic carbocycles. The highest BCUT2D eigenvalue weighted by atomic mass is 16.5. The normalized spacial score (nSPS) is 22.2. The molecule has 1 radical (unpaired) electrons. The van der Waals surface area contributed by atoms with Crippen molar-refractivity contribution in [1.82, 2.24) is 0 Å². The average molecular weight is 124 g/mol. The van der Waals surface area contributed by atoms with E-state index in [1.165, 1.54) is 0 Å². The summed E-state index contributed by atoms with van der Waals surface area (Å²) in [7, 11) is 0. The van der Waals surface area contributed by atoms with E-state index in [1.807, 2.05) is 0 Å². The second kappa shape index (κ2) is 2.36. The zero-order chi connectivity index (χ0) is 6.74. The Morgan fingerprint density at radius 3 is 2.44 bits per heavy atom. The van der Waals surface area contributed by atoms with Crippen molar-refractivity contribution in [2.75, 3.05) is 6.61 Å². The zero-order valence-electron chi connectivity index (χ0n) is 5.39. The molecule has 0 saturated heterocycles. The standard InChI is InChI=1S/C7H10NO/c1-2-9-7(6-8)4-3-5-7/h1-5H2. The van der Waals surface area contributed by atoms with Crippen molar-refractivity contribution < 1.29 is 4.74 Å². The van der Waals surface area contributed by atoms with Crippen LogP contribution in [0.25, 0.3) is 0 Å². The average Bonchev–Trinajstić information content (AvgIpc) is 1.79. The van der Waals surface area contributed by atoms with Crippen molar-refractivity contribution in [1.29, 1.82) is 5.26 Å². The summed E-state index contributed by atoms with van der Waals surface area (Å²) in [5.74, 6) is 0. The van der Waals surface area contributed by atoms with Gasteiger partial charge in [-0.1, -0.05) is 0 Å². The van der Waals surface area contributed by atoms with Crippen LogP contribution in [0.1, 0.15) is 19.3 Å². The molecule has 0 unspecified atom stereocenters. The van der Waals surface area contributed by atoms with Crippen LogP contribution in [0.15, 0.2) is 0 Å². The fraction of sp³-hybridized carbons (Fsp3) is 0.714. The molecule has 0 atom stereocenters. The summed E-state index contributed by atoms with van der Waals surface area (Å²) in [5.41, 5.74) is -0.443. The number of ether oxygens (including phenoxy) is 1. The lowest BCUT2D eigenvalue weighted by Gasteiger charge is -2.34. The topological polar surface area (TPSA) is 33.0 Å². The van der Waals surface area contributed by atoms with Crippen LogP contribution in [0.2, 0.25) is 0 Å². The molecule has 2 nitrogen and oxygen atoms in total. The Morgan fingerprint density at radius 1 is 1.67 bits per heavy atom. The summed E-state index contributed by atoms with van der Waals surface area (Å²) in [5, 5.41) is 8.56. The number of nitriles is 1. The van der Waals surface area contributed by atoms with Crippen molar-refractivity contribution in [2.45, 2.75) is 24.9 Å². The van der Waals surface area contributed by atoms with Gasteiger partial charge in [0.2, 0.25) is 0 Å². The lowest BCUT2D eigenvalue weighted by molar-refractivity contribution is -0.0431. The molecule has 0 aliphatic heterocycles. The molecule has 0 aromatic heterocycles. The van der Waals surface area contributed by atoms with E-state index in [2.05, 4.69) is 13.0 Å². The summed E-state index contributed by atoms with van der Waals surface area (Å²) in [6, 6.07) is 2.15. The minimum Gasteiger partial charge on any atom is -0.360 e. The summed E-state index contributed by atoms with van der Waals surface area (Å²) in [4.78, 5) is 0. The van der Waals surface area contributed by atoms with Crippen LogP contribution in [0, 0.1) is 18.3 Å². The Balaban J connectivity index is 2.40. The molecule has 0 aromatic rings. The molecule has 0 spiro atoms. The van der Waals surface area contributed by atoms with Crippen LogP contribution in [0.5, 0.6) is 0 Å². The van der Waals surface area contributed by atoms with Crippen LogP contribution in [-0.4, -0.2) is 12.2 Å².